The first-order valence-corrected chi connectivity index (χ1v) is 9.51. The van der Waals surface area contributed by atoms with Crippen LogP contribution in [0.1, 0.15) is 17.2 Å². The van der Waals surface area contributed by atoms with E-state index in [9.17, 15) is 14.7 Å². The standard InChI is InChI=1S/C23H17ClN2O4/c1-30-17-11-7-15(8-12-17)21(27)19-20(14-5-9-16(24)10-6-14)26(23(29)22(19)28)18-4-2-3-13-25-18/h2-13,20,27H,1H3/t20-/m0/s1. The molecular weight excluding hydrogens is 404 g/mol. The number of pyridine rings is 1. The van der Waals surface area contributed by atoms with Gasteiger partial charge in [0.25, 0.3) is 5.78 Å². The molecule has 0 unspecified atom stereocenters. The van der Waals surface area contributed by atoms with Crippen LogP contribution in [-0.4, -0.2) is 28.9 Å². The number of carbonyl (C=O) groups excluding carboxylic acids is 2. The summed E-state index contributed by atoms with van der Waals surface area (Å²) in [5.41, 5.74) is 1.01. The number of ketones is 1. The summed E-state index contributed by atoms with van der Waals surface area (Å²) in [7, 11) is 1.54. The maximum absolute atomic E-state index is 13.0. The van der Waals surface area contributed by atoms with Crippen molar-refractivity contribution in [1.82, 2.24) is 4.98 Å². The van der Waals surface area contributed by atoms with Crippen LogP contribution in [0.4, 0.5) is 5.82 Å². The molecule has 1 saturated heterocycles. The summed E-state index contributed by atoms with van der Waals surface area (Å²) in [6.45, 7) is 0. The van der Waals surface area contributed by atoms with Gasteiger partial charge in [0.1, 0.15) is 17.3 Å². The first-order chi connectivity index (χ1) is 14.5. The van der Waals surface area contributed by atoms with Crippen molar-refractivity contribution in [2.75, 3.05) is 12.0 Å². The first kappa shape index (κ1) is 19.7. The average Bonchev–Trinajstić information content (AvgIpc) is 3.05. The first-order valence-electron chi connectivity index (χ1n) is 9.13. The van der Waals surface area contributed by atoms with E-state index in [0.29, 0.717) is 27.7 Å². The number of Topliss-reactive ketones (excluding diaryl/α,β-unsaturated/α-hetero) is 1. The third-order valence-corrected chi connectivity index (χ3v) is 5.14. The van der Waals surface area contributed by atoms with Crippen LogP contribution in [0.15, 0.2) is 78.5 Å². The largest absolute Gasteiger partial charge is 0.507 e. The van der Waals surface area contributed by atoms with Crippen molar-refractivity contribution in [1.29, 1.82) is 0 Å². The number of carbonyl (C=O) groups is 2. The van der Waals surface area contributed by atoms with Crippen molar-refractivity contribution in [3.63, 3.8) is 0 Å². The highest BCUT2D eigenvalue weighted by atomic mass is 35.5. The second kappa shape index (κ2) is 8.00. The lowest BCUT2D eigenvalue weighted by Gasteiger charge is -2.24. The van der Waals surface area contributed by atoms with E-state index in [0.717, 1.165) is 0 Å². The predicted molar refractivity (Wildman–Crippen MR) is 113 cm³/mol. The summed E-state index contributed by atoms with van der Waals surface area (Å²) < 4.78 is 5.14. The third kappa shape index (κ3) is 3.42. The molecule has 3 aromatic rings. The summed E-state index contributed by atoms with van der Waals surface area (Å²) >= 11 is 6.02. The molecule has 1 N–H and O–H groups in total. The minimum absolute atomic E-state index is 0.0156. The van der Waals surface area contributed by atoms with Crippen molar-refractivity contribution in [3.8, 4) is 5.75 Å². The fourth-order valence-corrected chi connectivity index (χ4v) is 3.56. The van der Waals surface area contributed by atoms with Gasteiger partial charge in [-0.2, -0.15) is 0 Å². The number of ether oxygens (including phenoxy) is 1. The number of anilines is 1. The van der Waals surface area contributed by atoms with E-state index in [1.165, 1.54) is 18.2 Å². The number of aliphatic hydroxyl groups excluding tert-OH is 1. The number of hydrogen-bond donors (Lipinski definition) is 1. The average molecular weight is 421 g/mol. The molecular formula is C23H17ClN2O4. The lowest BCUT2D eigenvalue weighted by atomic mass is 9.95. The fraction of sp³-hybridized carbons (Fsp3) is 0.0870. The van der Waals surface area contributed by atoms with Gasteiger partial charge in [-0.15, -0.1) is 0 Å². The topological polar surface area (TPSA) is 79.7 Å². The van der Waals surface area contributed by atoms with Crippen molar-refractivity contribution < 1.29 is 19.4 Å². The van der Waals surface area contributed by atoms with Crippen LogP contribution in [0.2, 0.25) is 5.02 Å². The lowest BCUT2D eigenvalue weighted by molar-refractivity contribution is -0.132. The van der Waals surface area contributed by atoms with Gasteiger partial charge in [-0.05, 0) is 54.1 Å². The zero-order chi connectivity index (χ0) is 21.3. The Hall–Kier alpha value is -3.64. The molecule has 1 aliphatic rings. The molecule has 30 heavy (non-hydrogen) atoms. The zero-order valence-electron chi connectivity index (χ0n) is 15.9. The van der Waals surface area contributed by atoms with Gasteiger partial charge in [-0.25, -0.2) is 4.98 Å². The molecule has 0 bridgehead atoms. The van der Waals surface area contributed by atoms with E-state index in [4.69, 9.17) is 16.3 Å². The van der Waals surface area contributed by atoms with Crippen LogP contribution >= 0.6 is 11.6 Å². The van der Waals surface area contributed by atoms with Crippen LogP contribution in [0.25, 0.3) is 5.76 Å². The minimum atomic E-state index is -0.848. The van der Waals surface area contributed by atoms with E-state index in [1.807, 2.05) is 0 Å². The quantitative estimate of drug-likeness (QED) is 0.385. The molecule has 1 atom stereocenters. The Morgan fingerprint density at radius 3 is 2.33 bits per heavy atom. The SMILES string of the molecule is COc1ccc(C(O)=C2C(=O)C(=O)N(c3ccccn3)[C@H]2c2ccc(Cl)cc2)cc1. The lowest BCUT2D eigenvalue weighted by Crippen LogP contribution is -2.30. The van der Waals surface area contributed by atoms with Crippen molar-refractivity contribution in [2.45, 2.75) is 6.04 Å². The number of halogens is 1. The Morgan fingerprint density at radius 2 is 1.73 bits per heavy atom. The summed E-state index contributed by atoms with van der Waals surface area (Å²) in [5, 5.41) is 11.5. The Bertz CT molecular complexity index is 1130. The smallest absolute Gasteiger partial charge is 0.301 e. The number of rotatable bonds is 4. The van der Waals surface area contributed by atoms with Gasteiger partial charge in [-0.3, -0.25) is 14.5 Å². The molecule has 1 aromatic heterocycles. The van der Waals surface area contributed by atoms with Crippen LogP contribution in [0.3, 0.4) is 0 Å². The van der Waals surface area contributed by atoms with Crippen LogP contribution in [0.5, 0.6) is 5.75 Å². The maximum atomic E-state index is 13.0. The minimum Gasteiger partial charge on any atom is -0.507 e. The second-order valence-electron chi connectivity index (χ2n) is 6.64. The van der Waals surface area contributed by atoms with Crippen LogP contribution in [-0.2, 0) is 9.59 Å². The van der Waals surface area contributed by atoms with E-state index in [2.05, 4.69) is 4.98 Å². The van der Waals surface area contributed by atoms with Gasteiger partial charge in [0.2, 0.25) is 0 Å². The monoisotopic (exact) mass is 420 g/mol. The van der Waals surface area contributed by atoms with Crippen LogP contribution < -0.4 is 9.64 Å². The fourth-order valence-electron chi connectivity index (χ4n) is 3.43. The molecule has 2 aromatic carbocycles. The third-order valence-electron chi connectivity index (χ3n) is 4.89. The molecule has 1 aliphatic heterocycles. The number of benzene rings is 2. The molecule has 4 rings (SSSR count). The highest BCUT2D eigenvalue weighted by Crippen LogP contribution is 2.41. The number of methoxy groups -OCH3 is 1. The normalized spacial score (nSPS) is 17.9. The second-order valence-corrected chi connectivity index (χ2v) is 7.07. The number of aromatic nitrogens is 1. The molecule has 0 saturated carbocycles. The number of aliphatic hydroxyl groups is 1. The van der Waals surface area contributed by atoms with Gasteiger partial charge in [0.05, 0.1) is 18.7 Å². The molecule has 0 aliphatic carbocycles. The highest BCUT2D eigenvalue weighted by Gasteiger charge is 2.47. The van der Waals surface area contributed by atoms with Crippen molar-refractivity contribution in [2.24, 2.45) is 0 Å². The molecule has 7 heteroatoms. The maximum Gasteiger partial charge on any atom is 0.301 e. The zero-order valence-corrected chi connectivity index (χ0v) is 16.7. The Morgan fingerprint density at radius 1 is 1.03 bits per heavy atom. The number of amides is 1. The molecule has 2 heterocycles. The number of nitrogens with zero attached hydrogens (tertiary/aromatic N) is 2. The van der Waals surface area contributed by atoms with E-state index in [-0.39, 0.29) is 11.3 Å². The summed E-state index contributed by atoms with van der Waals surface area (Å²) in [4.78, 5) is 31.5. The predicted octanol–water partition coefficient (Wildman–Crippen LogP) is 4.37. The molecule has 1 fully saturated rings. The van der Waals surface area contributed by atoms with E-state index >= 15 is 0 Å². The van der Waals surface area contributed by atoms with E-state index < -0.39 is 17.7 Å². The Labute approximate surface area is 178 Å². The van der Waals surface area contributed by atoms with Crippen LogP contribution in [0, 0.1) is 0 Å². The van der Waals surface area contributed by atoms with Gasteiger partial charge in [-0.1, -0.05) is 29.8 Å². The Kier molecular flexibility index (Phi) is 5.25. The van der Waals surface area contributed by atoms with Gasteiger partial charge < -0.3 is 9.84 Å². The Balaban J connectivity index is 1.91. The highest BCUT2D eigenvalue weighted by molar-refractivity contribution is 6.51. The van der Waals surface area contributed by atoms with Gasteiger partial charge in [0, 0.05) is 16.8 Å². The van der Waals surface area contributed by atoms with Crippen molar-refractivity contribution >= 4 is 34.9 Å². The van der Waals surface area contributed by atoms with Gasteiger partial charge >= 0.3 is 5.91 Å². The molecule has 0 spiro atoms. The molecule has 0 radical (unpaired) electrons. The molecule has 1 amide bonds. The van der Waals surface area contributed by atoms with E-state index in [1.54, 1.807) is 66.7 Å². The molecule has 6 nitrogen and oxygen atoms in total. The van der Waals surface area contributed by atoms with Crippen molar-refractivity contribution in [3.05, 3.63) is 94.6 Å². The number of hydrogen-bond acceptors (Lipinski definition) is 5. The molecule has 150 valence electrons. The summed E-state index contributed by atoms with van der Waals surface area (Å²) in [5.74, 6) is -0.893. The summed E-state index contributed by atoms with van der Waals surface area (Å²) in [6.07, 6.45) is 1.54. The van der Waals surface area contributed by atoms with Gasteiger partial charge in [0.15, 0.2) is 0 Å². The summed E-state index contributed by atoms with van der Waals surface area (Å²) in [6, 6.07) is 17.6.